The Morgan fingerprint density at radius 1 is 1.40 bits per heavy atom. The highest BCUT2D eigenvalue weighted by atomic mass is 79.9. The molecule has 0 N–H and O–H groups in total. The van der Waals surface area contributed by atoms with Crippen molar-refractivity contribution in [3.05, 3.63) is 22.9 Å². The van der Waals surface area contributed by atoms with E-state index in [9.17, 15) is 9.59 Å². The summed E-state index contributed by atoms with van der Waals surface area (Å²) in [4.78, 5) is 29.6. The molecule has 1 aliphatic rings. The van der Waals surface area contributed by atoms with Gasteiger partial charge in [0.1, 0.15) is 11.1 Å². The predicted octanol–water partition coefficient (Wildman–Crippen LogP) is 1.24. The molecule has 15 heavy (non-hydrogen) atoms. The number of amides is 3. The summed E-state index contributed by atoms with van der Waals surface area (Å²) < 4.78 is 0.665. The highest BCUT2D eigenvalue weighted by molar-refractivity contribution is 9.10. The van der Waals surface area contributed by atoms with Gasteiger partial charge in [0.05, 0.1) is 11.9 Å². The zero-order valence-corrected chi connectivity index (χ0v) is 9.56. The first-order chi connectivity index (χ1) is 7.09. The summed E-state index contributed by atoms with van der Waals surface area (Å²) in [5.74, 6) is -0.230. The van der Waals surface area contributed by atoms with Crippen molar-refractivity contribution in [3.8, 4) is 0 Å². The van der Waals surface area contributed by atoms with Crippen LogP contribution in [0.4, 0.5) is 10.5 Å². The molecule has 0 unspecified atom stereocenters. The Morgan fingerprint density at radius 3 is 2.60 bits per heavy atom. The van der Waals surface area contributed by atoms with Gasteiger partial charge < -0.3 is 4.90 Å². The fourth-order valence-electron chi connectivity index (χ4n) is 1.37. The van der Waals surface area contributed by atoms with Gasteiger partial charge in [-0.05, 0) is 28.1 Å². The molecule has 0 aromatic carbocycles. The van der Waals surface area contributed by atoms with Crippen LogP contribution in [0.5, 0.6) is 0 Å². The van der Waals surface area contributed by atoms with Crippen LogP contribution in [0.2, 0.25) is 0 Å². The van der Waals surface area contributed by atoms with Gasteiger partial charge in [-0.1, -0.05) is 0 Å². The molecule has 1 saturated heterocycles. The molecule has 0 bridgehead atoms. The van der Waals surface area contributed by atoms with E-state index in [-0.39, 0.29) is 18.5 Å². The monoisotopic (exact) mass is 269 g/mol. The third kappa shape index (κ3) is 1.72. The Bertz CT molecular complexity index is 418. The molecule has 2 heterocycles. The van der Waals surface area contributed by atoms with Gasteiger partial charge in [-0.25, -0.2) is 14.7 Å². The van der Waals surface area contributed by atoms with Gasteiger partial charge in [-0.2, -0.15) is 0 Å². The Labute approximate surface area is 94.8 Å². The van der Waals surface area contributed by atoms with E-state index in [0.717, 1.165) is 4.90 Å². The quantitative estimate of drug-likeness (QED) is 0.570. The van der Waals surface area contributed by atoms with Crippen molar-refractivity contribution in [3.63, 3.8) is 0 Å². The minimum absolute atomic E-state index is 0.120. The lowest BCUT2D eigenvalue weighted by Crippen LogP contribution is -2.31. The number of aromatic nitrogens is 1. The van der Waals surface area contributed by atoms with Crippen LogP contribution in [0.3, 0.4) is 0 Å². The Kier molecular flexibility index (Phi) is 2.44. The molecule has 1 aliphatic heterocycles. The summed E-state index contributed by atoms with van der Waals surface area (Å²) in [7, 11) is 1.59. The Balaban J connectivity index is 2.35. The average molecular weight is 270 g/mol. The highest BCUT2D eigenvalue weighted by Crippen LogP contribution is 2.20. The number of anilines is 1. The zero-order valence-electron chi connectivity index (χ0n) is 7.98. The minimum atomic E-state index is -0.316. The van der Waals surface area contributed by atoms with E-state index in [2.05, 4.69) is 20.9 Å². The maximum absolute atomic E-state index is 11.6. The number of hydrogen-bond acceptors (Lipinski definition) is 3. The van der Waals surface area contributed by atoms with Crippen molar-refractivity contribution in [2.45, 2.75) is 0 Å². The van der Waals surface area contributed by atoms with Crippen LogP contribution in [0.25, 0.3) is 0 Å². The van der Waals surface area contributed by atoms with Crippen LogP contribution in [0.1, 0.15) is 0 Å². The first-order valence-corrected chi connectivity index (χ1v) is 5.08. The van der Waals surface area contributed by atoms with E-state index in [1.165, 1.54) is 11.1 Å². The fraction of sp³-hybridized carbons (Fsp3) is 0.222. The van der Waals surface area contributed by atoms with E-state index in [4.69, 9.17) is 0 Å². The molecule has 0 spiro atoms. The number of urea groups is 1. The molecule has 0 aliphatic carbocycles. The van der Waals surface area contributed by atoms with E-state index < -0.39 is 0 Å². The predicted molar refractivity (Wildman–Crippen MR) is 57.4 cm³/mol. The van der Waals surface area contributed by atoms with Gasteiger partial charge in [-0.15, -0.1) is 0 Å². The number of hydrogen-bond donors (Lipinski definition) is 0. The molecular formula is C9H8BrN3O2. The van der Waals surface area contributed by atoms with Gasteiger partial charge in [0.2, 0.25) is 0 Å². The van der Waals surface area contributed by atoms with Crippen LogP contribution < -0.4 is 4.90 Å². The summed E-state index contributed by atoms with van der Waals surface area (Å²) in [6.45, 7) is 0.120. The van der Waals surface area contributed by atoms with Gasteiger partial charge >= 0.3 is 6.03 Å². The summed E-state index contributed by atoms with van der Waals surface area (Å²) in [6, 6.07) is 3.05. The fourth-order valence-corrected chi connectivity index (χ4v) is 1.61. The second kappa shape index (κ2) is 3.62. The number of carbonyl (C=O) groups excluding carboxylic acids is 2. The van der Waals surface area contributed by atoms with Crippen molar-refractivity contribution >= 4 is 33.6 Å². The maximum Gasteiger partial charge on any atom is 0.331 e. The third-order valence-electron chi connectivity index (χ3n) is 2.11. The van der Waals surface area contributed by atoms with E-state index >= 15 is 0 Å². The summed E-state index contributed by atoms with van der Waals surface area (Å²) in [5.41, 5.74) is 0.498. The molecule has 1 aromatic heterocycles. The van der Waals surface area contributed by atoms with E-state index in [0.29, 0.717) is 10.3 Å². The molecule has 5 nitrogen and oxygen atoms in total. The molecule has 0 radical (unpaired) electrons. The number of imide groups is 1. The second-order valence-electron chi connectivity index (χ2n) is 3.21. The van der Waals surface area contributed by atoms with Crippen molar-refractivity contribution in [1.82, 2.24) is 9.88 Å². The lowest BCUT2D eigenvalue weighted by Gasteiger charge is -2.13. The number of likely N-dealkylation sites (N-methyl/N-ethyl adjacent to an activating group) is 1. The maximum atomic E-state index is 11.6. The molecule has 0 saturated carbocycles. The first-order valence-electron chi connectivity index (χ1n) is 4.29. The van der Waals surface area contributed by atoms with E-state index in [1.54, 1.807) is 19.2 Å². The minimum Gasteiger partial charge on any atom is -0.318 e. The van der Waals surface area contributed by atoms with Crippen molar-refractivity contribution in [2.24, 2.45) is 0 Å². The number of carbonyl (C=O) groups is 2. The van der Waals surface area contributed by atoms with Gasteiger partial charge in [0.25, 0.3) is 5.91 Å². The molecule has 1 aromatic rings. The average Bonchev–Trinajstić information content (AvgIpc) is 2.44. The van der Waals surface area contributed by atoms with Crippen LogP contribution in [0.15, 0.2) is 22.9 Å². The number of rotatable bonds is 1. The second-order valence-corrected chi connectivity index (χ2v) is 4.02. The van der Waals surface area contributed by atoms with Gasteiger partial charge in [-0.3, -0.25) is 4.79 Å². The number of halogens is 1. The molecule has 2 rings (SSSR count). The molecule has 1 fully saturated rings. The summed E-state index contributed by atoms with van der Waals surface area (Å²) in [5, 5.41) is 0. The highest BCUT2D eigenvalue weighted by Gasteiger charge is 2.34. The van der Waals surface area contributed by atoms with Gasteiger partial charge in [0.15, 0.2) is 0 Å². The van der Waals surface area contributed by atoms with Crippen LogP contribution in [-0.2, 0) is 4.79 Å². The summed E-state index contributed by atoms with van der Waals surface area (Å²) in [6.07, 6.45) is 1.49. The molecule has 0 atom stereocenters. The summed E-state index contributed by atoms with van der Waals surface area (Å²) >= 11 is 3.19. The normalized spacial score (nSPS) is 16.4. The van der Waals surface area contributed by atoms with Crippen LogP contribution in [-0.4, -0.2) is 35.4 Å². The largest absolute Gasteiger partial charge is 0.331 e. The zero-order chi connectivity index (χ0) is 11.0. The molecule has 78 valence electrons. The molecule has 3 amide bonds. The molecular weight excluding hydrogens is 262 g/mol. The number of pyridine rings is 1. The molecule has 6 heteroatoms. The van der Waals surface area contributed by atoms with E-state index in [1.807, 2.05) is 0 Å². The van der Waals surface area contributed by atoms with Gasteiger partial charge in [0, 0.05) is 7.05 Å². The Morgan fingerprint density at radius 2 is 2.13 bits per heavy atom. The standard InChI is InChI=1S/C9H8BrN3O2/c1-12-5-8(14)13(9(12)15)6-2-3-7(10)11-4-6/h2-4H,5H2,1H3. The topological polar surface area (TPSA) is 53.5 Å². The van der Waals surface area contributed by atoms with Crippen molar-refractivity contribution < 1.29 is 9.59 Å². The number of nitrogens with zero attached hydrogens (tertiary/aromatic N) is 3. The Hall–Kier alpha value is -1.43. The smallest absolute Gasteiger partial charge is 0.318 e. The SMILES string of the molecule is CN1CC(=O)N(c2ccc(Br)nc2)C1=O. The lowest BCUT2D eigenvalue weighted by atomic mass is 10.4. The third-order valence-corrected chi connectivity index (χ3v) is 2.58. The lowest BCUT2D eigenvalue weighted by molar-refractivity contribution is -0.116. The van der Waals surface area contributed by atoms with Crippen LogP contribution in [0, 0.1) is 0 Å². The van der Waals surface area contributed by atoms with Crippen molar-refractivity contribution in [2.75, 3.05) is 18.5 Å². The first kappa shape index (κ1) is 10.1. The van der Waals surface area contributed by atoms with Crippen LogP contribution >= 0.6 is 15.9 Å². The van der Waals surface area contributed by atoms with Crippen molar-refractivity contribution in [1.29, 1.82) is 0 Å².